The summed E-state index contributed by atoms with van der Waals surface area (Å²) in [5.74, 6) is -7.89. The number of ketones is 2. The minimum absolute atomic E-state index is 0.135. The van der Waals surface area contributed by atoms with E-state index in [1.807, 2.05) is 0 Å². The topological polar surface area (TPSA) is 306 Å². The van der Waals surface area contributed by atoms with Crippen molar-refractivity contribution in [1.29, 1.82) is 0 Å². The molecule has 3 aliphatic rings. The van der Waals surface area contributed by atoms with Gasteiger partial charge in [-0.15, -0.1) is 0 Å². The van der Waals surface area contributed by atoms with Gasteiger partial charge in [0.25, 0.3) is 5.91 Å². The van der Waals surface area contributed by atoms with Crippen LogP contribution in [0.15, 0.2) is 40.9 Å². The van der Waals surface area contributed by atoms with Gasteiger partial charge in [-0.1, -0.05) is 12.1 Å². The largest absolute Gasteiger partial charge is 0.510 e. The number of hydrogen-bond donors (Lipinski definition) is 10. The number of phenolic OH excluding ortho intramolecular Hbond substituents is 1. The predicted octanol–water partition coefficient (Wildman–Crippen LogP) is -1.03. The van der Waals surface area contributed by atoms with Crippen LogP contribution in [0.5, 0.6) is 5.75 Å². The summed E-state index contributed by atoms with van der Waals surface area (Å²) in [5, 5.41) is 55.0. The van der Waals surface area contributed by atoms with Crippen LogP contribution in [0.2, 0.25) is 0 Å². The van der Waals surface area contributed by atoms with Gasteiger partial charge in [0.05, 0.1) is 17.2 Å². The van der Waals surface area contributed by atoms with Gasteiger partial charge < -0.3 is 50.8 Å². The fourth-order valence-electron chi connectivity index (χ4n) is 5.65. The second-order valence-corrected chi connectivity index (χ2v) is 12.6. The number of carbonyl (C=O) groups excluding carboxylic acids is 3. The molecule has 1 aromatic carbocycles. The summed E-state index contributed by atoms with van der Waals surface area (Å²) in [6, 6.07) is 3.05. The SMILES string of the molecule is CN(C)[C@@H]1C(O)=C(C(N)=O)C(=O)[C@@]2(O)C(O)=C3C(=O)c4c(O)cccc4[C@@](C)(O)[C@H]3C[C@@H]12.O=P(O)(O)OP(=O)(O)O. The number of benzene rings is 1. The average molecular weight is 622 g/mol. The van der Waals surface area contributed by atoms with Gasteiger partial charge >= 0.3 is 15.6 Å². The number of nitrogens with two attached hydrogens (primary N) is 1. The van der Waals surface area contributed by atoms with Gasteiger partial charge in [0.2, 0.25) is 5.78 Å². The maximum absolute atomic E-state index is 13.3. The molecule has 0 saturated carbocycles. The third-order valence-electron chi connectivity index (χ3n) is 7.23. The Morgan fingerprint density at radius 1 is 1.05 bits per heavy atom. The Morgan fingerprint density at radius 3 is 2.02 bits per heavy atom. The molecule has 1 aromatic rings. The number of Topliss-reactive ketones (excluding diaryl/α,β-unsaturated/α-hetero) is 2. The molecule has 11 N–H and O–H groups in total. The second kappa shape index (κ2) is 10.4. The minimum atomic E-state index is -5.05. The first-order valence-corrected chi connectivity index (χ1v) is 14.6. The molecule has 0 unspecified atom stereocenters. The van der Waals surface area contributed by atoms with Gasteiger partial charge in [-0.25, -0.2) is 9.13 Å². The molecule has 41 heavy (non-hydrogen) atoms. The lowest BCUT2D eigenvalue weighted by atomic mass is 9.55. The lowest BCUT2D eigenvalue weighted by Gasteiger charge is -2.52. The van der Waals surface area contributed by atoms with Crippen molar-refractivity contribution in [2.24, 2.45) is 17.6 Å². The molecule has 0 heterocycles. The van der Waals surface area contributed by atoms with Crippen LogP contribution in [0.4, 0.5) is 0 Å². The fraction of sp³-hybridized carbons (Fsp3) is 0.409. The van der Waals surface area contributed by atoms with Gasteiger partial charge in [0.15, 0.2) is 11.4 Å². The monoisotopic (exact) mass is 622 g/mol. The van der Waals surface area contributed by atoms with Crippen molar-refractivity contribution in [2.75, 3.05) is 14.1 Å². The van der Waals surface area contributed by atoms with E-state index in [2.05, 4.69) is 4.31 Å². The molecule has 4 rings (SSSR count). The number of hydrogen-bond acceptors (Lipinski definition) is 12. The summed E-state index contributed by atoms with van der Waals surface area (Å²) in [4.78, 5) is 70.9. The van der Waals surface area contributed by atoms with Crippen LogP contribution in [-0.4, -0.2) is 93.2 Å². The predicted molar refractivity (Wildman–Crippen MR) is 135 cm³/mol. The summed E-state index contributed by atoms with van der Waals surface area (Å²) in [5.41, 5.74) is -0.654. The Bertz CT molecular complexity index is 1470. The number of amides is 1. The van der Waals surface area contributed by atoms with Crippen LogP contribution in [0.1, 0.15) is 29.3 Å². The van der Waals surface area contributed by atoms with E-state index in [1.165, 1.54) is 44.1 Å². The van der Waals surface area contributed by atoms with Crippen LogP contribution in [0, 0.1) is 11.8 Å². The Morgan fingerprint density at radius 2 is 1.59 bits per heavy atom. The van der Waals surface area contributed by atoms with Crippen LogP contribution in [0.3, 0.4) is 0 Å². The molecule has 0 spiro atoms. The number of rotatable bonds is 4. The summed E-state index contributed by atoms with van der Waals surface area (Å²) in [7, 11) is -7.04. The molecule has 0 aliphatic heterocycles. The highest BCUT2D eigenvalue weighted by Gasteiger charge is 2.65. The van der Waals surface area contributed by atoms with E-state index in [0.717, 1.165) is 0 Å². The molecule has 0 bridgehead atoms. The lowest BCUT2D eigenvalue weighted by Crippen LogP contribution is -2.65. The van der Waals surface area contributed by atoms with E-state index in [9.17, 15) is 49.0 Å². The maximum Gasteiger partial charge on any atom is 0.478 e. The lowest BCUT2D eigenvalue weighted by molar-refractivity contribution is -0.151. The molecule has 19 heteroatoms. The summed E-state index contributed by atoms with van der Waals surface area (Å²) in [6.07, 6.45) is -0.200. The number of carbonyl (C=O) groups is 3. The molecular formula is C22H28N2O15P2. The third-order valence-corrected chi connectivity index (χ3v) is 8.94. The number of aromatic hydroxyl groups is 1. The zero-order valence-corrected chi connectivity index (χ0v) is 23.4. The van der Waals surface area contributed by atoms with E-state index < -0.39 is 90.6 Å². The molecule has 0 fully saturated rings. The molecule has 1 amide bonds. The van der Waals surface area contributed by atoms with Gasteiger partial charge in [-0.2, -0.15) is 4.31 Å². The van der Waals surface area contributed by atoms with E-state index in [-0.39, 0.29) is 17.5 Å². The van der Waals surface area contributed by atoms with Crippen LogP contribution in [-0.2, 0) is 28.6 Å². The van der Waals surface area contributed by atoms with Crippen molar-refractivity contribution < 1.29 is 72.9 Å². The standard InChI is InChI=1S/C22H24N2O8.H4O7P2/c1-21(31)8-5-4-6-11(25)12(8)16(26)13-9(21)7-10-15(24(2)3)17(27)14(20(23)30)19(29)22(10,32)18(13)28;1-8(2,3)7-9(4,5)6/h4-6,9-10,15,25,27-28,31-32H,7H2,1-3H3,(H2,23,30);(H2,1,2,3)(H2,4,5,6)/t9-,10-,15-,21+,22-;/m0./s1. The van der Waals surface area contributed by atoms with Crippen molar-refractivity contribution >= 4 is 33.1 Å². The molecule has 0 aromatic heterocycles. The number of fused-ring (bicyclic) bond motifs is 3. The van der Waals surface area contributed by atoms with Gasteiger partial charge in [0, 0.05) is 17.4 Å². The van der Waals surface area contributed by atoms with E-state index in [1.54, 1.807) is 0 Å². The number of phenols is 1. The molecule has 3 aliphatic carbocycles. The normalized spacial score (nSPS) is 29.9. The molecule has 226 valence electrons. The fourth-order valence-corrected chi connectivity index (χ4v) is 6.76. The van der Waals surface area contributed by atoms with Gasteiger partial charge in [-0.3, -0.25) is 19.3 Å². The van der Waals surface area contributed by atoms with Crippen molar-refractivity contribution in [3.63, 3.8) is 0 Å². The summed E-state index contributed by atoms with van der Waals surface area (Å²) >= 11 is 0. The number of nitrogens with zero attached hydrogens (tertiary/aromatic N) is 1. The number of aliphatic hydroxyl groups excluding tert-OH is 2. The highest BCUT2D eigenvalue weighted by atomic mass is 31.3. The highest BCUT2D eigenvalue weighted by Crippen LogP contribution is 2.56. The Labute approximate surface area is 231 Å². The first-order chi connectivity index (χ1) is 18.5. The number of aliphatic hydroxyl groups is 4. The molecule has 0 saturated heterocycles. The maximum atomic E-state index is 13.3. The first kappa shape index (κ1) is 32.6. The molecule has 17 nitrogen and oxygen atoms in total. The molecule has 5 atom stereocenters. The zero-order valence-electron chi connectivity index (χ0n) is 21.6. The summed E-state index contributed by atoms with van der Waals surface area (Å²) < 4.78 is 22.2. The first-order valence-electron chi connectivity index (χ1n) is 11.5. The van der Waals surface area contributed by atoms with Crippen molar-refractivity contribution in [3.05, 3.63) is 52.0 Å². The van der Waals surface area contributed by atoms with Crippen LogP contribution in [0.25, 0.3) is 0 Å². The van der Waals surface area contributed by atoms with Crippen molar-refractivity contribution in [3.8, 4) is 5.75 Å². The van der Waals surface area contributed by atoms with Crippen molar-refractivity contribution in [1.82, 2.24) is 4.90 Å². The van der Waals surface area contributed by atoms with Gasteiger partial charge in [0.1, 0.15) is 22.8 Å². The van der Waals surface area contributed by atoms with Crippen LogP contribution < -0.4 is 5.73 Å². The molecular weight excluding hydrogens is 594 g/mol. The smallest absolute Gasteiger partial charge is 0.478 e. The Balaban J connectivity index is 0.000000445. The minimum Gasteiger partial charge on any atom is -0.510 e. The van der Waals surface area contributed by atoms with Crippen LogP contribution >= 0.6 is 15.6 Å². The van der Waals surface area contributed by atoms with E-state index in [0.29, 0.717) is 0 Å². The third kappa shape index (κ3) is 5.49. The number of likely N-dealkylation sites (N-methyl/N-ethyl adjacent to an activating group) is 1. The quantitative estimate of drug-likeness (QED) is 0.142. The Kier molecular flexibility index (Phi) is 8.26. The zero-order chi connectivity index (χ0) is 31.6. The molecule has 0 radical (unpaired) electrons. The Hall–Kier alpha value is -2.95. The average Bonchev–Trinajstić information content (AvgIpc) is 2.77. The van der Waals surface area contributed by atoms with Gasteiger partial charge in [-0.05, 0) is 39.1 Å². The van der Waals surface area contributed by atoms with Crippen molar-refractivity contribution in [2.45, 2.75) is 30.6 Å². The number of phosphoric acid groups is 2. The number of primary amides is 1. The van der Waals surface area contributed by atoms with E-state index >= 15 is 0 Å². The highest BCUT2D eigenvalue weighted by molar-refractivity contribution is 7.60. The van der Waals surface area contributed by atoms with E-state index in [4.69, 9.17) is 25.3 Å². The summed E-state index contributed by atoms with van der Waals surface area (Å²) in [6.45, 7) is 1.40. The second-order valence-electron chi connectivity index (χ2n) is 10.0.